The van der Waals surface area contributed by atoms with E-state index >= 15 is 0 Å². The molecule has 0 radical (unpaired) electrons. The molecular weight excluding hydrogens is 358 g/mol. The Labute approximate surface area is 164 Å². The summed E-state index contributed by atoms with van der Waals surface area (Å²) < 4.78 is 0. The van der Waals surface area contributed by atoms with Gasteiger partial charge in [-0.25, -0.2) is 4.79 Å². The van der Waals surface area contributed by atoms with Crippen LogP contribution in [0.15, 0.2) is 73.1 Å². The minimum Gasteiger partial charge on any atom is -0.320 e. The fourth-order valence-electron chi connectivity index (χ4n) is 2.75. The lowest BCUT2D eigenvalue weighted by Gasteiger charge is -2.23. The van der Waals surface area contributed by atoms with E-state index in [1.807, 2.05) is 49.4 Å². The number of carbonyl (C=O) groups excluding carboxylic acids is 1. The molecule has 0 spiro atoms. The topological polar surface area (TPSA) is 45.2 Å². The lowest BCUT2D eigenvalue weighted by atomic mass is 10.1. The molecule has 0 aliphatic rings. The van der Waals surface area contributed by atoms with Crippen molar-refractivity contribution < 1.29 is 4.79 Å². The van der Waals surface area contributed by atoms with Crippen LogP contribution in [0.1, 0.15) is 16.7 Å². The summed E-state index contributed by atoms with van der Waals surface area (Å²) in [5.74, 6) is 0. The predicted molar refractivity (Wildman–Crippen MR) is 110 cm³/mol. The van der Waals surface area contributed by atoms with Crippen LogP contribution in [0.2, 0.25) is 5.02 Å². The minimum absolute atomic E-state index is 0.158. The lowest BCUT2D eigenvalue weighted by molar-refractivity contribution is 0.209. The van der Waals surface area contributed by atoms with Crippen LogP contribution < -0.4 is 5.32 Å². The maximum Gasteiger partial charge on any atom is 0.322 e. The molecule has 0 bridgehead atoms. The molecule has 3 aromatic rings. The molecule has 1 aromatic heterocycles. The van der Waals surface area contributed by atoms with Crippen LogP contribution >= 0.6 is 11.6 Å². The van der Waals surface area contributed by atoms with Gasteiger partial charge in [0.2, 0.25) is 0 Å². The molecule has 2 amide bonds. The van der Waals surface area contributed by atoms with Crippen molar-refractivity contribution in [2.75, 3.05) is 11.9 Å². The number of rotatable bonds is 6. The first-order valence-electron chi connectivity index (χ1n) is 8.87. The molecule has 4 nitrogen and oxygen atoms in total. The number of hydrogen-bond donors (Lipinski definition) is 1. The van der Waals surface area contributed by atoms with Gasteiger partial charge in [-0.05, 0) is 48.2 Å². The van der Waals surface area contributed by atoms with Crippen LogP contribution in [0.3, 0.4) is 0 Å². The van der Waals surface area contributed by atoms with E-state index in [1.54, 1.807) is 23.4 Å². The number of nitrogens with zero attached hydrogens (tertiary/aromatic N) is 2. The molecule has 0 fully saturated rings. The van der Waals surface area contributed by atoms with Crippen molar-refractivity contribution in [2.24, 2.45) is 0 Å². The number of hydrogen-bond acceptors (Lipinski definition) is 2. The number of amides is 2. The van der Waals surface area contributed by atoms with Gasteiger partial charge in [-0.3, -0.25) is 4.98 Å². The molecule has 0 atom stereocenters. The average Bonchev–Trinajstić information content (AvgIpc) is 2.69. The van der Waals surface area contributed by atoms with E-state index in [4.69, 9.17) is 11.6 Å². The third-order valence-electron chi connectivity index (χ3n) is 4.32. The molecule has 1 N–H and O–H groups in total. The number of aromatic nitrogens is 1. The van der Waals surface area contributed by atoms with E-state index in [0.717, 1.165) is 17.5 Å². The van der Waals surface area contributed by atoms with Gasteiger partial charge in [0.15, 0.2) is 0 Å². The molecule has 0 unspecified atom stereocenters. The minimum atomic E-state index is -0.158. The molecule has 138 valence electrons. The second kappa shape index (κ2) is 9.19. The summed E-state index contributed by atoms with van der Waals surface area (Å²) in [6.07, 6.45) is 4.29. The fraction of sp³-hybridized carbons (Fsp3) is 0.182. The van der Waals surface area contributed by atoms with Crippen molar-refractivity contribution in [3.05, 3.63) is 94.8 Å². The third kappa shape index (κ3) is 5.56. The summed E-state index contributed by atoms with van der Waals surface area (Å²) in [6.45, 7) is 3.03. The zero-order chi connectivity index (χ0) is 19.1. The van der Waals surface area contributed by atoms with E-state index in [1.165, 1.54) is 5.56 Å². The summed E-state index contributed by atoms with van der Waals surface area (Å²) in [5, 5.41) is 3.58. The van der Waals surface area contributed by atoms with Crippen LogP contribution in [-0.2, 0) is 13.0 Å². The molecule has 27 heavy (non-hydrogen) atoms. The number of nitrogens with one attached hydrogen (secondary N) is 1. The first kappa shape index (κ1) is 18.9. The van der Waals surface area contributed by atoms with Crippen molar-refractivity contribution in [3.63, 3.8) is 0 Å². The van der Waals surface area contributed by atoms with Crippen molar-refractivity contribution >= 4 is 23.3 Å². The lowest BCUT2D eigenvalue weighted by Crippen LogP contribution is -2.36. The molecule has 0 saturated heterocycles. The largest absolute Gasteiger partial charge is 0.322 e. The number of urea groups is 1. The first-order valence-corrected chi connectivity index (χ1v) is 9.24. The highest BCUT2D eigenvalue weighted by Gasteiger charge is 2.15. The van der Waals surface area contributed by atoms with E-state index in [0.29, 0.717) is 23.8 Å². The van der Waals surface area contributed by atoms with E-state index < -0.39 is 0 Å². The Morgan fingerprint density at radius 1 is 1.07 bits per heavy atom. The average molecular weight is 380 g/mol. The summed E-state index contributed by atoms with van der Waals surface area (Å²) in [6, 6.07) is 19.4. The first-order chi connectivity index (χ1) is 13.1. The van der Waals surface area contributed by atoms with Gasteiger partial charge in [-0.2, -0.15) is 0 Å². The molecule has 5 heteroatoms. The number of benzene rings is 2. The SMILES string of the molecule is Cc1ccc(NC(=O)N(CCc2ccccc2)Cc2cccnc2)cc1Cl. The van der Waals surface area contributed by atoms with Crippen molar-refractivity contribution in [1.29, 1.82) is 0 Å². The van der Waals surface area contributed by atoms with Gasteiger partial charge >= 0.3 is 6.03 Å². The van der Waals surface area contributed by atoms with Gasteiger partial charge in [0.25, 0.3) is 0 Å². The quantitative estimate of drug-likeness (QED) is 0.629. The Morgan fingerprint density at radius 3 is 2.56 bits per heavy atom. The molecular formula is C22H22ClN3O. The maximum atomic E-state index is 12.9. The van der Waals surface area contributed by atoms with Gasteiger partial charge in [0, 0.05) is 36.2 Å². The van der Waals surface area contributed by atoms with Gasteiger partial charge in [-0.1, -0.05) is 54.1 Å². The molecule has 0 aliphatic carbocycles. The van der Waals surface area contributed by atoms with Gasteiger partial charge in [-0.15, -0.1) is 0 Å². The highest BCUT2D eigenvalue weighted by Crippen LogP contribution is 2.20. The second-order valence-electron chi connectivity index (χ2n) is 6.41. The molecule has 1 heterocycles. The van der Waals surface area contributed by atoms with Crippen LogP contribution in [0.4, 0.5) is 10.5 Å². The van der Waals surface area contributed by atoms with E-state index in [2.05, 4.69) is 22.4 Å². The summed E-state index contributed by atoms with van der Waals surface area (Å²) in [4.78, 5) is 18.8. The summed E-state index contributed by atoms with van der Waals surface area (Å²) >= 11 is 6.17. The van der Waals surface area contributed by atoms with Crippen LogP contribution in [-0.4, -0.2) is 22.5 Å². The zero-order valence-corrected chi connectivity index (χ0v) is 16.0. The molecule has 2 aromatic carbocycles. The molecule has 3 rings (SSSR count). The van der Waals surface area contributed by atoms with Gasteiger partial charge < -0.3 is 10.2 Å². The number of pyridine rings is 1. The van der Waals surface area contributed by atoms with Gasteiger partial charge in [0.1, 0.15) is 0 Å². The Morgan fingerprint density at radius 2 is 1.85 bits per heavy atom. The smallest absolute Gasteiger partial charge is 0.320 e. The number of anilines is 1. The molecule has 0 saturated carbocycles. The Balaban J connectivity index is 1.72. The second-order valence-corrected chi connectivity index (χ2v) is 6.82. The van der Waals surface area contributed by atoms with Crippen LogP contribution in [0.5, 0.6) is 0 Å². The standard InChI is InChI=1S/C22H22ClN3O/c1-17-9-10-20(14-21(17)23)25-22(27)26(16-19-8-5-12-24-15-19)13-11-18-6-3-2-4-7-18/h2-10,12,14-15H,11,13,16H2,1H3,(H,25,27). The normalized spacial score (nSPS) is 10.4. The number of aryl methyl sites for hydroxylation is 1. The van der Waals surface area contributed by atoms with Crippen molar-refractivity contribution in [2.45, 2.75) is 19.9 Å². The zero-order valence-electron chi connectivity index (χ0n) is 15.2. The maximum absolute atomic E-state index is 12.9. The Kier molecular flexibility index (Phi) is 6.44. The van der Waals surface area contributed by atoms with E-state index in [9.17, 15) is 4.79 Å². The van der Waals surface area contributed by atoms with Crippen molar-refractivity contribution in [3.8, 4) is 0 Å². The van der Waals surface area contributed by atoms with E-state index in [-0.39, 0.29) is 6.03 Å². The highest BCUT2D eigenvalue weighted by atomic mass is 35.5. The Hall–Kier alpha value is -2.85. The fourth-order valence-corrected chi connectivity index (χ4v) is 2.93. The third-order valence-corrected chi connectivity index (χ3v) is 4.73. The van der Waals surface area contributed by atoms with Gasteiger partial charge in [0.05, 0.1) is 0 Å². The monoisotopic (exact) mass is 379 g/mol. The number of halogens is 1. The summed E-state index contributed by atoms with van der Waals surface area (Å²) in [7, 11) is 0. The van der Waals surface area contributed by atoms with Crippen molar-refractivity contribution in [1.82, 2.24) is 9.88 Å². The Bertz CT molecular complexity index is 885. The summed E-state index contributed by atoms with van der Waals surface area (Å²) in [5.41, 5.74) is 3.85. The van der Waals surface area contributed by atoms with Crippen LogP contribution in [0.25, 0.3) is 0 Å². The highest BCUT2D eigenvalue weighted by molar-refractivity contribution is 6.31. The van der Waals surface area contributed by atoms with Crippen LogP contribution in [0, 0.1) is 6.92 Å². The predicted octanol–water partition coefficient (Wildman–Crippen LogP) is 5.32. The number of carbonyl (C=O) groups is 1. The molecule has 0 aliphatic heterocycles.